The molecule has 1 saturated carbocycles. The first kappa shape index (κ1) is 20.2. The lowest BCUT2D eigenvalue weighted by Gasteiger charge is -2.36. The topological polar surface area (TPSA) is 60.1 Å². The smallest absolute Gasteiger partial charge is 0.124 e. The number of hydrogen-bond acceptors (Lipinski definition) is 5. The molecule has 6 rings (SSSR count). The van der Waals surface area contributed by atoms with Crippen LogP contribution in [0.15, 0.2) is 36.5 Å². The Morgan fingerprint density at radius 3 is 2.62 bits per heavy atom. The van der Waals surface area contributed by atoms with Crippen LogP contribution in [-0.2, 0) is 6.42 Å². The van der Waals surface area contributed by atoms with Gasteiger partial charge in [-0.15, -0.1) is 0 Å². The van der Waals surface area contributed by atoms with E-state index in [2.05, 4.69) is 51.3 Å². The van der Waals surface area contributed by atoms with Crippen molar-refractivity contribution in [2.45, 2.75) is 63.6 Å². The highest BCUT2D eigenvalue weighted by atomic mass is 15.3. The van der Waals surface area contributed by atoms with Crippen molar-refractivity contribution in [3.63, 3.8) is 0 Å². The fourth-order valence-electron chi connectivity index (χ4n) is 5.65. The first-order valence-electron chi connectivity index (χ1n) is 12.5. The van der Waals surface area contributed by atoms with Gasteiger partial charge in [0.05, 0.1) is 29.0 Å². The molecule has 3 aromatic rings. The number of piperazine rings is 1. The van der Waals surface area contributed by atoms with Crippen molar-refractivity contribution in [1.82, 2.24) is 25.2 Å². The zero-order valence-corrected chi connectivity index (χ0v) is 19.1. The van der Waals surface area contributed by atoms with Gasteiger partial charge < -0.3 is 9.88 Å². The molecule has 1 aromatic carbocycles. The molecular weight excluding hydrogens is 396 g/mol. The second-order valence-electron chi connectivity index (χ2n) is 9.65. The van der Waals surface area contributed by atoms with Gasteiger partial charge in [-0.3, -0.25) is 15.2 Å². The first-order valence-corrected chi connectivity index (χ1v) is 12.5. The minimum absolute atomic E-state index is 0.243. The highest BCUT2D eigenvalue weighted by Gasteiger charge is 2.32. The monoisotopic (exact) mass is 430 g/mol. The van der Waals surface area contributed by atoms with Crippen molar-refractivity contribution in [3.8, 4) is 0 Å². The molecule has 0 spiro atoms. The number of para-hydroxylation sites is 1. The standard InChI is InChI=1S/C26H34N6/c1-2-18-6-5-13-27-24(18)20-7-3-9-22(28-20)26-29-21-8-4-10-23(25(21)30-26)32-16-14-31(15-17-32)19-11-12-19/h4-6,8,10,13,19-20,22,28H,2-3,7,9,11-12,14-17H2,1H3,(H,29,30). The minimum Gasteiger partial charge on any atom is -0.367 e. The number of H-pyrrole nitrogens is 1. The van der Waals surface area contributed by atoms with E-state index in [9.17, 15) is 0 Å². The van der Waals surface area contributed by atoms with Crippen molar-refractivity contribution in [3.05, 3.63) is 53.6 Å². The molecule has 6 nitrogen and oxygen atoms in total. The van der Waals surface area contributed by atoms with Crippen LogP contribution in [-0.4, -0.2) is 52.1 Å². The van der Waals surface area contributed by atoms with Crippen LogP contribution in [0.5, 0.6) is 0 Å². The van der Waals surface area contributed by atoms with Crippen molar-refractivity contribution in [2.24, 2.45) is 0 Å². The van der Waals surface area contributed by atoms with Gasteiger partial charge in [-0.1, -0.05) is 19.1 Å². The Morgan fingerprint density at radius 1 is 0.969 bits per heavy atom. The second kappa shape index (κ2) is 8.49. The van der Waals surface area contributed by atoms with Crippen LogP contribution in [0.25, 0.3) is 11.0 Å². The Hall–Kier alpha value is -2.44. The number of hydrogen-bond donors (Lipinski definition) is 2. The van der Waals surface area contributed by atoms with Crippen LogP contribution in [0, 0.1) is 0 Å². The third-order valence-electron chi connectivity index (χ3n) is 7.58. The first-order chi connectivity index (χ1) is 15.8. The predicted octanol–water partition coefficient (Wildman–Crippen LogP) is 4.36. The van der Waals surface area contributed by atoms with Gasteiger partial charge >= 0.3 is 0 Å². The summed E-state index contributed by atoms with van der Waals surface area (Å²) < 4.78 is 0. The fourth-order valence-corrected chi connectivity index (χ4v) is 5.65. The third-order valence-corrected chi connectivity index (χ3v) is 7.58. The van der Waals surface area contributed by atoms with E-state index in [4.69, 9.17) is 9.97 Å². The molecule has 3 aliphatic rings. The molecule has 2 aliphatic heterocycles. The Bertz CT molecular complexity index is 1080. The molecule has 2 saturated heterocycles. The molecule has 0 amide bonds. The number of aryl methyl sites for hydroxylation is 1. The van der Waals surface area contributed by atoms with Crippen LogP contribution >= 0.6 is 0 Å². The summed E-state index contributed by atoms with van der Waals surface area (Å²) in [5.41, 5.74) is 6.12. The average molecular weight is 431 g/mol. The van der Waals surface area contributed by atoms with E-state index in [1.54, 1.807) is 0 Å². The van der Waals surface area contributed by atoms with Gasteiger partial charge in [0.1, 0.15) is 11.3 Å². The van der Waals surface area contributed by atoms with Gasteiger partial charge in [0.2, 0.25) is 0 Å². The van der Waals surface area contributed by atoms with Gasteiger partial charge in [0, 0.05) is 38.4 Å². The number of nitrogens with zero attached hydrogens (tertiary/aromatic N) is 4. The highest BCUT2D eigenvalue weighted by Crippen LogP contribution is 2.35. The van der Waals surface area contributed by atoms with Crippen LogP contribution in [0.2, 0.25) is 0 Å². The number of benzene rings is 1. The van der Waals surface area contributed by atoms with Crippen LogP contribution in [0.1, 0.15) is 68.2 Å². The number of pyridine rings is 1. The number of rotatable bonds is 5. The number of piperidine rings is 1. The molecule has 2 atom stereocenters. The van der Waals surface area contributed by atoms with Gasteiger partial charge in [-0.25, -0.2) is 4.98 Å². The van der Waals surface area contributed by atoms with E-state index in [0.29, 0.717) is 6.04 Å². The molecular formula is C26H34N6. The predicted molar refractivity (Wildman–Crippen MR) is 129 cm³/mol. The summed E-state index contributed by atoms with van der Waals surface area (Å²) in [4.78, 5) is 18.7. The largest absolute Gasteiger partial charge is 0.367 e. The summed E-state index contributed by atoms with van der Waals surface area (Å²) in [6.07, 6.45) is 9.18. The van der Waals surface area contributed by atoms with E-state index >= 15 is 0 Å². The molecule has 2 aromatic heterocycles. The summed E-state index contributed by atoms with van der Waals surface area (Å²) >= 11 is 0. The van der Waals surface area contributed by atoms with E-state index in [-0.39, 0.29) is 6.04 Å². The number of nitrogens with one attached hydrogen (secondary N) is 2. The molecule has 32 heavy (non-hydrogen) atoms. The van der Waals surface area contributed by atoms with Crippen LogP contribution in [0.4, 0.5) is 5.69 Å². The molecule has 0 radical (unpaired) electrons. The summed E-state index contributed by atoms with van der Waals surface area (Å²) in [5, 5.41) is 3.87. The van der Waals surface area contributed by atoms with Crippen molar-refractivity contribution in [2.75, 3.05) is 31.1 Å². The maximum Gasteiger partial charge on any atom is 0.124 e. The van der Waals surface area contributed by atoms with Crippen molar-refractivity contribution < 1.29 is 0 Å². The Kier molecular flexibility index (Phi) is 5.35. The van der Waals surface area contributed by atoms with Gasteiger partial charge in [-0.05, 0) is 62.3 Å². The quantitative estimate of drug-likeness (QED) is 0.630. The van der Waals surface area contributed by atoms with E-state index < -0.39 is 0 Å². The molecule has 2 unspecified atom stereocenters. The Morgan fingerprint density at radius 2 is 1.81 bits per heavy atom. The van der Waals surface area contributed by atoms with Gasteiger partial charge in [-0.2, -0.15) is 0 Å². The average Bonchev–Trinajstić information content (AvgIpc) is 3.62. The van der Waals surface area contributed by atoms with Crippen molar-refractivity contribution >= 4 is 16.7 Å². The molecule has 6 heteroatoms. The third kappa shape index (κ3) is 3.80. The summed E-state index contributed by atoms with van der Waals surface area (Å²) in [5.74, 6) is 1.07. The minimum atomic E-state index is 0.243. The number of aromatic amines is 1. The van der Waals surface area contributed by atoms with E-state index in [1.165, 1.54) is 49.3 Å². The lowest BCUT2D eigenvalue weighted by molar-refractivity contribution is 0.248. The molecule has 1 aliphatic carbocycles. The molecule has 2 N–H and O–H groups in total. The zero-order valence-electron chi connectivity index (χ0n) is 19.1. The maximum atomic E-state index is 5.15. The molecule has 168 valence electrons. The SMILES string of the molecule is CCc1cccnc1C1CCCC(c2nc3c(N4CCN(C5CC5)CC4)cccc3[nH]2)N1. The summed E-state index contributed by atoms with van der Waals surface area (Å²) in [6, 6.07) is 12.3. The molecule has 3 fully saturated rings. The van der Waals surface area contributed by atoms with E-state index in [1.807, 2.05) is 12.3 Å². The number of imidazole rings is 1. The van der Waals surface area contributed by atoms with Gasteiger partial charge in [0.15, 0.2) is 0 Å². The summed E-state index contributed by atoms with van der Waals surface area (Å²) in [6.45, 7) is 6.76. The normalized spacial score (nSPS) is 24.8. The highest BCUT2D eigenvalue weighted by molar-refractivity contribution is 5.89. The van der Waals surface area contributed by atoms with Crippen LogP contribution < -0.4 is 10.2 Å². The second-order valence-corrected chi connectivity index (χ2v) is 9.65. The lowest BCUT2D eigenvalue weighted by atomic mass is 9.93. The molecule has 0 bridgehead atoms. The fraction of sp³-hybridized carbons (Fsp3) is 0.538. The van der Waals surface area contributed by atoms with E-state index in [0.717, 1.165) is 55.3 Å². The zero-order chi connectivity index (χ0) is 21.5. The van der Waals surface area contributed by atoms with Crippen LogP contribution in [0.3, 0.4) is 0 Å². The summed E-state index contributed by atoms with van der Waals surface area (Å²) in [7, 11) is 0. The van der Waals surface area contributed by atoms with Gasteiger partial charge in [0.25, 0.3) is 0 Å². The number of anilines is 1. The molecule has 4 heterocycles. The number of aromatic nitrogens is 3. The lowest BCUT2D eigenvalue weighted by Crippen LogP contribution is -2.47. The number of fused-ring (bicyclic) bond motifs is 1. The Balaban J connectivity index is 1.23. The Labute approximate surface area is 190 Å². The maximum absolute atomic E-state index is 5.15. The van der Waals surface area contributed by atoms with Crippen molar-refractivity contribution in [1.29, 1.82) is 0 Å².